The van der Waals surface area contributed by atoms with Gasteiger partial charge in [-0.15, -0.1) is 0 Å². The number of hydrogen-bond donors (Lipinski definition) is 0. The molecule has 0 aromatic carbocycles. The van der Waals surface area contributed by atoms with Crippen LogP contribution in [0, 0.1) is 18.3 Å². The van der Waals surface area contributed by atoms with E-state index in [9.17, 15) is 0 Å². The molecule has 2 heterocycles. The van der Waals surface area contributed by atoms with E-state index in [1.54, 1.807) is 36.9 Å². The summed E-state index contributed by atoms with van der Waals surface area (Å²) in [6.45, 7) is 9.88. The lowest BCUT2D eigenvalue weighted by atomic mass is 10.3. The van der Waals surface area contributed by atoms with Crippen molar-refractivity contribution in [2.75, 3.05) is 0 Å². The predicted molar refractivity (Wildman–Crippen MR) is 72.9 cm³/mol. The highest BCUT2D eigenvalue weighted by atomic mass is 16.5. The minimum atomic E-state index is 0.653. The first kappa shape index (κ1) is 18.2. The van der Waals surface area contributed by atoms with Gasteiger partial charge in [-0.05, 0) is 19.1 Å². The fourth-order valence-corrected chi connectivity index (χ4v) is 0.699. The molecule has 0 unspecified atom stereocenters. The van der Waals surface area contributed by atoms with E-state index in [-0.39, 0.29) is 0 Å². The van der Waals surface area contributed by atoms with Crippen LogP contribution in [-0.2, 0) is 0 Å². The van der Waals surface area contributed by atoms with Crippen LogP contribution in [0.4, 0.5) is 0 Å². The molecule has 0 amide bonds. The van der Waals surface area contributed by atoms with Crippen molar-refractivity contribution in [2.45, 2.75) is 34.6 Å². The molecule has 2 rings (SSSR count). The molecule has 0 bridgehead atoms. The van der Waals surface area contributed by atoms with Crippen molar-refractivity contribution < 1.29 is 4.52 Å². The highest BCUT2D eigenvalue weighted by Gasteiger charge is 1.80. The average molecular weight is 247 g/mol. The normalized spacial score (nSPS) is 7.11. The van der Waals surface area contributed by atoms with E-state index in [4.69, 9.17) is 5.26 Å². The molecule has 98 valence electrons. The molecule has 0 aliphatic rings. The molecule has 18 heavy (non-hydrogen) atoms. The lowest BCUT2D eigenvalue weighted by molar-refractivity contribution is 0.415. The number of nitrogens with zero attached hydrogens (tertiary/aromatic N) is 3. The molecule has 2 aromatic rings. The third-order valence-corrected chi connectivity index (χ3v) is 1.38. The lowest BCUT2D eigenvalue weighted by Gasteiger charge is -1.79. The zero-order chi connectivity index (χ0) is 14.2. The monoisotopic (exact) mass is 247 g/mol. The van der Waals surface area contributed by atoms with Crippen molar-refractivity contribution in [3.8, 4) is 6.07 Å². The van der Waals surface area contributed by atoms with E-state index >= 15 is 0 Å². The second-order valence-corrected chi connectivity index (χ2v) is 2.49. The van der Waals surface area contributed by atoms with Gasteiger partial charge in [0.2, 0.25) is 0 Å². The molecule has 0 aliphatic carbocycles. The summed E-state index contributed by atoms with van der Waals surface area (Å²) in [5, 5.41) is 11.8. The molecule has 0 spiro atoms. The van der Waals surface area contributed by atoms with Crippen LogP contribution in [0.5, 0.6) is 0 Å². The van der Waals surface area contributed by atoms with Gasteiger partial charge in [0.1, 0.15) is 6.26 Å². The molecule has 4 heteroatoms. The maximum absolute atomic E-state index is 8.26. The van der Waals surface area contributed by atoms with Crippen molar-refractivity contribution in [2.24, 2.45) is 0 Å². The van der Waals surface area contributed by atoms with Crippen LogP contribution in [0.25, 0.3) is 0 Å². The second-order valence-electron chi connectivity index (χ2n) is 2.49. The fourth-order valence-electron chi connectivity index (χ4n) is 0.699. The molecule has 0 radical (unpaired) electrons. The smallest absolute Gasteiger partial charge is 0.124 e. The standard InChI is InChI=1S/C6H4N2.C4H5NO.2C2H6/c7-5-6-1-3-8-4-2-6;1-4-2-3-6-5-4;2*1-2/h1-4H;2-3H,1H3;2*1-2H3. The Kier molecular flexibility index (Phi) is 15.0. The van der Waals surface area contributed by atoms with E-state index < -0.39 is 0 Å². The van der Waals surface area contributed by atoms with Crippen LogP contribution in [-0.4, -0.2) is 10.1 Å². The molecule has 0 atom stereocenters. The number of aromatic nitrogens is 2. The molecule has 0 fully saturated rings. The Hall–Kier alpha value is -2.15. The van der Waals surface area contributed by atoms with Crippen LogP contribution >= 0.6 is 0 Å². The van der Waals surface area contributed by atoms with Gasteiger partial charge in [0.15, 0.2) is 0 Å². The Bertz CT molecular complexity index is 391. The SMILES string of the molecule is CC.CC.Cc1ccon1.N#Cc1ccncc1. The minimum absolute atomic E-state index is 0.653. The zero-order valence-corrected chi connectivity index (χ0v) is 11.7. The second kappa shape index (κ2) is 14.8. The largest absolute Gasteiger partial charge is 0.365 e. The summed E-state index contributed by atoms with van der Waals surface area (Å²) in [5.74, 6) is 0. The van der Waals surface area contributed by atoms with Gasteiger partial charge in [-0.2, -0.15) is 5.26 Å². The third kappa shape index (κ3) is 10.4. The summed E-state index contributed by atoms with van der Waals surface area (Å²) >= 11 is 0. The Morgan fingerprint density at radius 2 is 1.61 bits per heavy atom. The van der Waals surface area contributed by atoms with E-state index in [0.29, 0.717) is 5.56 Å². The summed E-state index contributed by atoms with van der Waals surface area (Å²) in [7, 11) is 0. The van der Waals surface area contributed by atoms with Gasteiger partial charge in [-0.25, -0.2) is 0 Å². The maximum atomic E-state index is 8.26. The molecule has 0 aliphatic heterocycles. The van der Waals surface area contributed by atoms with Gasteiger partial charge in [0.05, 0.1) is 17.3 Å². The fraction of sp³-hybridized carbons (Fsp3) is 0.357. The number of nitriles is 1. The van der Waals surface area contributed by atoms with Crippen molar-refractivity contribution in [3.05, 3.63) is 48.1 Å². The van der Waals surface area contributed by atoms with Gasteiger partial charge in [0, 0.05) is 18.5 Å². The Labute approximate surface area is 109 Å². The quantitative estimate of drug-likeness (QED) is 0.706. The Balaban J connectivity index is 0. The summed E-state index contributed by atoms with van der Waals surface area (Å²) in [5.41, 5.74) is 1.58. The topological polar surface area (TPSA) is 62.7 Å². The van der Waals surface area contributed by atoms with Crippen LogP contribution in [0.2, 0.25) is 0 Å². The number of aryl methyl sites for hydroxylation is 1. The van der Waals surface area contributed by atoms with Crippen LogP contribution in [0.15, 0.2) is 41.4 Å². The van der Waals surface area contributed by atoms with E-state index in [1.165, 1.54) is 0 Å². The summed E-state index contributed by atoms with van der Waals surface area (Å²) in [6, 6.07) is 7.13. The number of hydrogen-bond acceptors (Lipinski definition) is 4. The van der Waals surface area contributed by atoms with Crippen LogP contribution in [0.1, 0.15) is 39.0 Å². The van der Waals surface area contributed by atoms with Crippen LogP contribution in [0.3, 0.4) is 0 Å². The third-order valence-electron chi connectivity index (χ3n) is 1.38. The summed E-state index contributed by atoms with van der Waals surface area (Å²) in [6.07, 6.45) is 4.74. The van der Waals surface area contributed by atoms with E-state index in [2.05, 4.69) is 14.7 Å². The molecular weight excluding hydrogens is 226 g/mol. The van der Waals surface area contributed by atoms with E-state index in [0.717, 1.165) is 5.69 Å². The molecular formula is C14H21N3O. The van der Waals surface area contributed by atoms with Crippen molar-refractivity contribution in [1.82, 2.24) is 10.1 Å². The predicted octanol–water partition coefficient (Wildman–Crippen LogP) is 3.99. The van der Waals surface area contributed by atoms with Gasteiger partial charge >= 0.3 is 0 Å². The van der Waals surface area contributed by atoms with Crippen LogP contribution < -0.4 is 0 Å². The van der Waals surface area contributed by atoms with Gasteiger partial charge in [-0.1, -0.05) is 32.9 Å². The van der Waals surface area contributed by atoms with E-state index in [1.807, 2.05) is 40.7 Å². The first-order chi connectivity index (χ1) is 8.83. The summed E-state index contributed by atoms with van der Waals surface area (Å²) in [4.78, 5) is 3.74. The van der Waals surface area contributed by atoms with Gasteiger partial charge < -0.3 is 4.52 Å². The maximum Gasteiger partial charge on any atom is 0.124 e. The average Bonchev–Trinajstić information content (AvgIpc) is 2.96. The first-order valence-electron chi connectivity index (χ1n) is 6.00. The molecule has 4 nitrogen and oxygen atoms in total. The number of rotatable bonds is 0. The Morgan fingerprint density at radius 3 is 1.83 bits per heavy atom. The number of pyridine rings is 1. The van der Waals surface area contributed by atoms with Crippen molar-refractivity contribution in [3.63, 3.8) is 0 Å². The zero-order valence-electron chi connectivity index (χ0n) is 11.7. The molecule has 0 N–H and O–H groups in total. The molecule has 0 saturated heterocycles. The summed E-state index contributed by atoms with van der Waals surface area (Å²) < 4.78 is 4.46. The Morgan fingerprint density at radius 1 is 1.06 bits per heavy atom. The van der Waals surface area contributed by atoms with Gasteiger partial charge in [0.25, 0.3) is 0 Å². The highest BCUT2D eigenvalue weighted by Crippen LogP contribution is 1.89. The first-order valence-corrected chi connectivity index (χ1v) is 6.00. The van der Waals surface area contributed by atoms with Gasteiger partial charge in [-0.3, -0.25) is 4.98 Å². The minimum Gasteiger partial charge on any atom is -0.365 e. The highest BCUT2D eigenvalue weighted by molar-refractivity contribution is 5.24. The molecule has 0 saturated carbocycles. The lowest BCUT2D eigenvalue weighted by Crippen LogP contribution is -1.71. The van der Waals surface area contributed by atoms with Crippen molar-refractivity contribution >= 4 is 0 Å². The molecule has 2 aromatic heterocycles. The van der Waals surface area contributed by atoms with Crippen molar-refractivity contribution in [1.29, 1.82) is 5.26 Å².